The fourth-order valence-corrected chi connectivity index (χ4v) is 2.51. The Kier molecular flexibility index (Phi) is 7.57. The van der Waals surface area contributed by atoms with E-state index in [2.05, 4.69) is 16.0 Å². The lowest BCUT2D eigenvalue weighted by atomic mass is 10.2. The molecule has 6 nitrogen and oxygen atoms in total. The van der Waals surface area contributed by atoms with Crippen molar-refractivity contribution in [3.05, 3.63) is 53.1 Å². The average Bonchev–Trinajstić information content (AvgIpc) is 2.63. The molecule has 3 N–H and O–H groups in total. The zero-order chi connectivity index (χ0) is 19.8. The fraction of sp³-hybridized carbons (Fsp3) is 0.211. The second-order valence-electron chi connectivity index (χ2n) is 5.65. The van der Waals surface area contributed by atoms with Crippen LogP contribution < -0.4 is 20.7 Å². The van der Waals surface area contributed by atoms with Crippen molar-refractivity contribution in [3.8, 4) is 5.75 Å². The highest BCUT2D eigenvalue weighted by molar-refractivity contribution is 7.80. The molecule has 0 spiro atoms. The van der Waals surface area contributed by atoms with Gasteiger partial charge < -0.3 is 15.4 Å². The SMILES string of the molecule is CCC(=O)Nc1ccc(Cl)c(NC(=S)NC(=O)COc2ccccc2C)c1. The van der Waals surface area contributed by atoms with E-state index in [1.807, 2.05) is 25.1 Å². The van der Waals surface area contributed by atoms with Gasteiger partial charge in [-0.05, 0) is 49.0 Å². The molecule has 0 saturated heterocycles. The summed E-state index contributed by atoms with van der Waals surface area (Å²) in [6, 6.07) is 12.3. The van der Waals surface area contributed by atoms with Gasteiger partial charge >= 0.3 is 0 Å². The van der Waals surface area contributed by atoms with Crippen LogP contribution in [0.5, 0.6) is 5.75 Å². The van der Waals surface area contributed by atoms with E-state index in [1.165, 1.54) is 0 Å². The van der Waals surface area contributed by atoms with Crippen molar-refractivity contribution in [1.82, 2.24) is 5.32 Å². The number of halogens is 1. The number of benzene rings is 2. The lowest BCUT2D eigenvalue weighted by Crippen LogP contribution is -2.37. The van der Waals surface area contributed by atoms with Gasteiger partial charge in [0.2, 0.25) is 5.91 Å². The Morgan fingerprint density at radius 1 is 1.11 bits per heavy atom. The van der Waals surface area contributed by atoms with E-state index in [-0.39, 0.29) is 17.6 Å². The standard InChI is InChI=1S/C19H20ClN3O3S/c1-3-17(24)21-13-8-9-14(20)15(10-13)22-19(27)23-18(25)11-26-16-7-5-4-6-12(16)2/h4-10H,3,11H2,1-2H3,(H,21,24)(H2,22,23,25,27). The molecule has 0 heterocycles. The molecule has 0 atom stereocenters. The second kappa shape index (κ2) is 9.89. The van der Waals surface area contributed by atoms with E-state index >= 15 is 0 Å². The highest BCUT2D eigenvalue weighted by Crippen LogP contribution is 2.25. The van der Waals surface area contributed by atoms with Gasteiger partial charge in [0.15, 0.2) is 11.7 Å². The van der Waals surface area contributed by atoms with Crippen molar-refractivity contribution in [1.29, 1.82) is 0 Å². The predicted molar refractivity (Wildman–Crippen MR) is 111 cm³/mol. The smallest absolute Gasteiger partial charge is 0.264 e. The number of thiocarbonyl (C=S) groups is 1. The zero-order valence-electron chi connectivity index (χ0n) is 15.0. The van der Waals surface area contributed by atoms with E-state index in [0.29, 0.717) is 28.6 Å². The van der Waals surface area contributed by atoms with Crippen LogP contribution in [0, 0.1) is 6.92 Å². The van der Waals surface area contributed by atoms with Gasteiger partial charge in [0, 0.05) is 12.1 Å². The van der Waals surface area contributed by atoms with E-state index in [9.17, 15) is 9.59 Å². The quantitative estimate of drug-likeness (QED) is 0.635. The molecule has 0 aliphatic carbocycles. The summed E-state index contributed by atoms with van der Waals surface area (Å²) in [5.41, 5.74) is 1.98. The molecule has 0 radical (unpaired) electrons. The summed E-state index contributed by atoms with van der Waals surface area (Å²) in [6.07, 6.45) is 0.362. The van der Waals surface area contributed by atoms with Crippen LogP contribution in [0.25, 0.3) is 0 Å². The Morgan fingerprint density at radius 3 is 2.56 bits per heavy atom. The third-order valence-corrected chi connectivity index (χ3v) is 4.06. The number of hydrogen-bond donors (Lipinski definition) is 3. The van der Waals surface area contributed by atoms with Crippen LogP contribution in [0.15, 0.2) is 42.5 Å². The van der Waals surface area contributed by atoms with Crippen LogP contribution in [0.3, 0.4) is 0 Å². The van der Waals surface area contributed by atoms with Crippen molar-refractivity contribution < 1.29 is 14.3 Å². The molecule has 8 heteroatoms. The first-order chi connectivity index (χ1) is 12.9. The molecule has 142 valence electrons. The van der Waals surface area contributed by atoms with Crippen LogP contribution in [0.1, 0.15) is 18.9 Å². The highest BCUT2D eigenvalue weighted by atomic mass is 35.5. The van der Waals surface area contributed by atoms with Gasteiger partial charge in [0.05, 0.1) is 10.7 Å². The molecular formula is C19H20ClN3O3S. The number of para-hydroxylation sites is 1. The lowest BCUT2D eigenvalue weighted by Gasteiger charge is -2.13. The normalized spacial score (nSPS) is 10.0. The number of carbonyl (C=O) groups is 2. The monoisotopic (exact) mass is 405 g/mol. The first-order valence-corrected chi connectivity index (χ1v) is 9.06. The number of anilines is 2. The zero-order valence-corrected chi connectivity index (χ0v) is 16.5. The number of rotatable bonds is 6. The number of amides is 2. The van der Waals surface area contributed by atoms with E-state index in [0.717, 1.165) is 5.56 Å². The Morgan fingerprint density at radius 2 is 1.85 bits per heavy atom. The van der Waals surface area contributed by atoms with Gasteiger partial charge in [0.25, 0.3) is 5.91 Å². The van der Waals surface area contributed by atoms with Gasteiger partial charge in [-0.1, -0.05) is 36.7 Å². The first-order valence-electron chi connectivity index (χ1n) is 8.27. The topological polar surface area (TPSA) is 79.5 Å². The van der Waals surface area contributed by atoms with Gasteiger partial charge in [-0.2, -0.15) is 0 Å². The van der Waals surface area contributed by atoms with Crippen molar-refractivity contribution >= 4 is 52.1 Å². The third kappa shape index (κ3) is 6.54. The highest BCUT2D eigenvalue weighted by Gasteiger charge is 2.10. The summed E-state index contributed by atoms with van der Waals surface area (Å²) >= 11 is 11.3. The largest absolute Gasteiger partial charge is 0.483 e. The molecule has 0 saturated carbocycles. The van der Waals surface area contributed by atoms with Crippen molar-refractivity contribution in [2.24, 2.45) is 0 Å². The van der Waals surface area contributed by atoms with E-state index in [4.69, 9.17) is 28.6 Å². The van der Waals surface area contributed by atoms with Gasteiger partial charge in [-0.25, -0.2) is 0 Å². The summed E-state index contributed by atoms with van der Waals surface area (Å²) in [4.78, 5) is 23.5. The molecule has 0 aromatic heterocycles. The van der Waals surface area contributed by atoms with Crippen LogP contribution >= 0.6 is 23.8 Å². The molecule has 0 aliphatic heterocycles. The number of aryl methyl sites for hydroxylation is 1. The van der Waals surface area contributed by atoms with Gasteiger partial charge in [0.1, 0.15) is 5.75 Å². The lowest BCUT2D eigenvalue weighted by molar-refractivity contribution is -0.121. The van der Waals surface area contributed by atoms with Crippen LogP contribution in [-0.2, 0) is 9.59 Å². The predicted octanol–water partition coefficient (Wildman–Crippen LogP) is 3.89. The maximum atomic E-state index is 12.0. The van der Waals surface area contributed by atoms with Crippen LogP contribution in [0.4, 0.5) is 11.4 Å². The third-order valence-electron chi connectivity index (χ3n) is 3.52. The van der Waals surface area contributed by atoms with Crippen LogP contribution in [0.2, 0.25) is 5.02 Å². The number of ether oxygens (including phenoxy) is 1. The number of hydrogen-bond acceptors (Lipinski definition) is 4. The van der Waals surface area contributed by atoms with Gasteiger partial charge in [-0.15, -0.1) is 0 Å². The molecule has 0 fully saturated rings. The molecular weight excluding hydrogens is 386 g/mol. The molecule has 2 amide bonds. The molecule has 2 aromatic carbocycles. The maximum Gasteiger partial charge on any atom is 0.264 e. The summed E-state index contributed by atoms with van der Waals surface area (Å²) in [7, 11) is 0. The Balaban J connectivity index is 1.91. The average molecular weight is 406 g/mol. The maximum absolute atomic E-state index is 12.0. The summed E-state index contributed by atoms with van der Waals surface area (Å²) < 4.78 is 5.48. The number of nitrogens with one attached hydrogen (secondary N) is 3. The Hall–Kier alpha value is -2.64. The molecule has 0 bridgehead atoms. The minimum Gasteiger partial charge on any atom is -0.483 e. The molecule has 2 aromatic rings. The molecule has 2 rings (SSSR count). The summed E-state index contributed by atoms with van der Waals surface area (Å²) in [5, 5.41) is 8.58. The fourth-order valence-electron chi connectivity index (χ4n) is 2.13. The van der Waals surface area contributed by atoms with Crippen molar-refractivity contribution in [2.45, 2.75) is 20.3 Å². The minimum atomic E-state index is -0.401. The summed E-state index contributed by atoms with van der Waals surface area (Å²) in [5.74, 6) is 0.115. The first kappa shape index (κ1) is 20.7. The Bertz CT molecular complexity index is 858. The minimum absolute atomic E-state index is 0.0780. The molecule has 0 aliphatic rings. The Labute approximate surface area is 168 Å². The van der Waals surface area contributed by atoms with Crippen molar-refractivity contribution in [3.63, 3.8) is 0 Å². The summed E-state index contributed by atoms with van der Waals surface area (Å²) in [6.45, 7) is 3.48. The second-order valence-corrected chi connectivity index (χ2v) is 6.47. The van der Waals surface area contributed by atoms with Gasteiger partial charge in [-0.3, -0.25) is 14.9 Å². The van der Waals surface area contributed by atoms with E-state index in [1.54, 1.807) is 31.2 Å². The van der Waals surface area contributed by atoms with Crippen LogP contribution in [-0.4, -0.2) is 23.5 Å². The molecule has 0 unspecified atom stereocenters. The number of carbonyl (C=O) groups excluding carboxylic acids is 2. The molecule has 27 heavy (non-hydrogen) atoms. The van der Waals surface area contributed by atoms with Crippen molar-refractivity contribution in [2.75, 3.05) is 17.2 Å². The van der Waals surface area contributed by atoms with E-state index < -0.39 is 5.91 Å².